The number of hydrogen-bond donors (Lipinski definition) is 2. The molecule has 8 heteroatoms. The molecule has 0 saturated carbocycles. The van der Waals surface area contributed by atoms with E-state index in [4.69, 9.17) is 23.2 Å². The van der Waals surface area contributed by atoms with Crippen molar-refractivity contribution in [3.8, 4) is 11.3 Å². The van der Waals surface area contributed by atoms with Crippen LogP contribution in [-0.2, 0) is 4.79 Å². The van der Waals surface area contributed by atoms with Crippen molar-refractivity contribution >= 4 is 40.9 Å². The number of carboxylic acid groups (broad SMARTS) is 1. The highest BCUT2D eigenvalue weighted by atomic mass is 35.5. The number of benzene rings is 1. The molecule has 1 saturated heterocycles. The largest absolute Gasteiger partial charge is 0.481 e. The fraction of sp³-hybridized carbons (Fsp3) is 0.278. The molecule has 3 rings (SSSR count). The van der Waals surface area contributed by atoms with Crippen LogP contribution in [0.3, 0.4) is 0 Å². The van der Waals surface area contributed by atoms with Crippen molar-refractivity contribution in [2.24, 2.45) is 5.41 Å². The first-order chi connectivity index (χ1) is 12.3. The predicted octanol–water partition coefficient (Wildman–Crippen LogP) is 4.38. The number of aliphatic carboxylic acids is 1. The van der Waals surface area contributed by atoms with E-state index in [1.165, 1.54) is 11.1 Å². The monoisotopic (exact) mass is 393 g/mol. The standard InChI is InChI=1S/C18H17Cl2N3O3/c1-18(16(24)25)6-7-23(10-18)17(26)22-12-3-5-15(21-9-12)13-4-2-11(19)8-14(13)20/h2-5,8-9H,6-7,10H2,1H3,(H,22,26)(H,24,25). The molecule has 2 N–H and O–H groups in total. The van der Waals surface area contributed by atoms with Crippen molar-refractivity contribution in [1.29, 1.82) is 0 Å². The maximum Gasteiger partial charge on any atom is 0.321 e. The summed E-state index contributed by atoms with van der Waals surface area (Å²) in [5.74, 6) is -0.890. The van der Waals surface area contributed by atoms with Crippen molar-refractivity contribution in [1.82, 2.24) is 9.88 Å². The van der Waals surface area contributed by atoms with Gasteiger partial charge in [0.15, 0.2) is 0 Å². The fourth-order valence-corrected chi connectivity index (χ4v) is 3.34. The number of carbonyl (C=O) groups is 2. The van der Waals surface area contributed by atoms with E-state index in [9.17, 15) is 14.7 Å². The van der Waals surface area contributed by atoms with Crippen LogP contribution in [0.5, 0.6) is 0 Å². The number of hydrogen-bond acceptors (Lipinski definition) is 3. The first kappa shape index (κ1) is 18.5. The molecule has 0 bridgehead atoms. The highest BCUT2D eigenvalue weighted by Crippen LogP contribution is 2.31. The van der Waals surface area contributed by atoms with Crippen LogP contribution in [0.1, 0.15) is 13.3 Å². The molecule has 1 unspecified atom stereocenters. The number of anilines is 1. The molecule has 1 aliphatic rings. The van der Waals surface area contributed by atoms with Gasteiger partial charge in [-0.1, -0.05) is 23.2 Å². The molecular formula is C18H17Cl2N3O3. The number of nitrogens with one attached hydrogen (secondary N) is 1. The zero-order valence-corrected chi connectivity index (χ0v) is 15.5. The summed E-state index contributed by atoms with van der Waals surface area (Å²) in [5.41, 5.74) is 1.02. The van der Waals surface area contributed by atoms with E-state index in [0.717, 1.165) is 5.56 Å². The van der Waals surface area contributed by atoms with Gasteiger partial charge in [-0.05, 0) is 43.7 Å². The number of carbonyl (C=O) groups excluding carboxylic acids is 1. The van der Waals surface area contributed by atoms with Crippen molar-refractivity contribution in [3.63, 3.8) is 0 Å². The normalized spacial score (nSPS) is 19.4. The summed E-state index contributed by atoms with van der Waals surface area (Å²) >= 11 is 12.1. The number of likely N-dealkylation sites (tertiary alicyclic amines) is 1. The van der Waals surface area contributed by atoms with Crippen LogP contribution in [0.25, 0.3) is 11.3 Å². The first-order valence-electron chi connectivity index (χ1n) is 7.99. The van der Waals surface area contributed by atoms with Gasteiger partial charge in [-0.25, -0.2) is 4.79 Å². The minimum atomic E-state index is -0.898. The molecule has 1 aromatic carbocycles. The lowest BCUT2D eigenvalue weighted by Gasteiger charge is -2.20. The number of urea groups is 1. The maximum absolute atomic E-state index is 12.3. The number of nitrogens with zero attached hydrogens (tertiary/aromatic N) is 2. The zero-order chi connectivity index (χ0) is 18.9. The van der Waals surface area contributed by atoms with Crippen molar-refractivity contribution < 1.29 is 14.7 Å². The molecule has 2 heterocycles. The number of pyridine rings is 1. The summed E-state index contributed by atoms with van der Waals surface area (Å²) in [6, 6.07) is 8.28. The van der Waals surface area contributed by atoms with Gasteiger partial charge in [0.05, 0.1) is 28.0 Å². The van der Waals surface area contributed by atoms with Gasteiger partial charge in [0, 0.05) is 23.7 Å². The lowest BCUT2D eigenvalue weighted by atomic mass is 9.90. The van der Waals surface area contributed by atoms with Gasteiger partial charge in [0.25, 0.3) is 0 Å². The second kappa shape index (κ2) is 7.13. The Morgan fingerprint density at radius 3 is 2.62 bits per heavy atom. The van der Waals surface area contributed by atoms with Gasteiger partial charge in [0.2, 0.25) is 0 Å². The van der Waals surface area contributed by atoms with Gasteiger partial charge < -0.3 is 15.3 Å². The Morgan fingerprint density at radius 1 is 1.27 bits per heavy atom. The van der Waals surface area contributed by atoms with Gasteiger partial charge in [-0.3, -0.25) is 9.78 Å². The van der Waals surface area contributed by atoms with Crippen LogP contribution in [0, 0.1) is 5.41 Å². The molecule has 136 valence electrons. The summed E-state index contributed by atoms with van der Waals surface area (Å²) in [7, 11) is 0. The number of rotatable bonds is 3. The third kappa shape index (κ3) is 3.76. The number of aromatic nitrogens is 1. The van der Waals surface area contributed by atoms with Gasteiger partial charge >= 0.3 is 12.0 Å². The van der Waals surface area contributed by atoms with Crippen molar-refractivity contribution in [2.75, 3.05) is 18.4 Å². The molecule has 0 aliphatic carbocycles. The number of halogens is 2. The topological polar surface area (TPSA) is 82.5 Å². The highest BCUT2D eigenvalue weighted by Gasteiger charge is 2.42. The average Bonchev–Trinajstić information content (AvgIpc) is 3.00. The highest BCUT2D eigenvalue weighted by molar-refractivity contribution is 6.36. The predicted molar refractivity (Wildman–Crippen MR) is 101 cm³/mol. The van der Waals surface area contributed by atoms with Crippen LogP contribution in [0.4, 0.5) is 10.5 Å². The van der Waals surface area contributed by atoms with Crippen LogP contribution in [0.15, 0.2) is 36.5 Å². The Morgan fingerprint density at radius 2 is 2.04 bits per heavy atom. The SMILES string of the molecule is CC1(C(=O)O)CCN(C(=O)Nc2ccc(-c3ccc(Cl)cc3Cl)nc2)C1. The van der Waals surface area contributed by atoms with Crippen molar-refractivity contribution in [2.45, 2.75) is 13.3 Å². The Balaban J connectivity index is 1.68. The Bertz CT molecular complexity index is 857. The smallest absolute Gasteiger partial charge is 0.321 e. The Kier molecular flexibility index (Phi) is 5.07. The fourth-order valence-electron chi connectivity index (χ4n) is 2.84. The molecule has 0 spiro atoms. The van der Waals surface area contributed by atoms with E-state index in [0.29, 0.717) is 34.4 Å². The molecule has 1 fully saturated rings. The summed E-state index contributed by atoms with van der Waals surface area (Å²) in [4.78, 5) is 29.4. The molecule has 0 radical (unpaired) electrons. The van der Waals surface area contributed by atoms with Crippen LogP contribution in [0.2, 0.25) is 10.0 Å². The third-order valence-electron chi connectivity index (χ3n) is 4.50. The summed E-state index contributed by atoms with van der Waals surface area (Å²) < 4.78 is 0. The first-order valence-corrected chi connectivity index (χ1v) is 8.75. The van der Waals surface area contributed by atoms with Gasteiger partial charge in [-0.15, -0.1) is 0 Å². The molecule has 1 aromatic heterocycles. The molecule has 1 aliphatic heterocycles. The second-order valence-corrected chi connectivity index (χ2v) is 7.37. The van der Waals surface area contributed by atoms with E-state index < -0.39 is 11.4 Å². The molecule has 2 aromatic rings. The third-order valence-corrected chi connectivity index (χ3v) is 5.05. The van der Waals surface area contributed by atoms with Crippen LogP contribution >= 0.6 is 23.2 Å². The molecule has 1 atom stereocenters. The van der Waals surface area contributed by atoms with E-state index >= 15 is 0 Å². The summed E-state index contributed by atoms with van der Waals surface area (Å²) in [5, 5.41) is 13.0. The summed E-state index contributed by atoms with van der Waals surface area (Å²) in [6.45, 7) is 2.23. The minimum absolute atomic E-state index is 0.181. The van der Waals surface area contributed by atoms with Crippen LogP contribution < -0.4 is 5.32 Å². The maximum atomic E-state index is 12.3. The van der Waals surface area contributed by atoms with E-state index in [1.54, 1.807) is 37.3 Å². The molecule has 6 nitrogen and oxygen atoms in total. The van der Waals surface area contributed by atoms with Crippen LogP contribution in [-0.4, -0.2) is 40.1 Å². The second-order valence-electron chi connectivity index (χ2n) is 6.52. The number of carboxylic acids is 1. The number of amides is 2. The quantitative estimate of drug-likeness (QED) is 0.809. The molecule has 2 amide bonds. The van der Waals surface area contributed by atoms with Crippen molar-refractivity contribution in [3.05, 3.63) is 46.6 Å². The summed E-state index contributed by atoms with van der Waals surface area (Å²) in [6.07, 6.45) is 1.96. The Hall–Kier alpha value is -2.31. The zero-order valence-electron chi connectivity index (χ0n) is 14.0. The lowest BCUT2D eigenvalue weighted by molar-refractivity contribution is -0.146. The van der Waals surface area contributed by atoms with E-state index in [-0.39, 0.29) is 12.6 Å². The Labute approximate surface area is 160 Å². The van der Waals surface area contributed by atoms with E-state index in [2.05, 4.69) is 10.3 Å². The minimum Gasteiger partial charge on any atom is -0.481 e. The lowest BCUT2D eigenvalue weighted by Crippen LogP contribution is -2.37. The average molecular weight is 394 g/mol. The molecule has 26 heavy (non-hydrogen) atoms. The van der Waals surface area contributed by atoms with Gasteiger partial charge in [0.1, 0.15) is 0 Å². The van der Waals surface area contributed by atoms with E-state index in [1.807, 2.05) is 0 Å². The van der Waals surface area contributed by atoms with Gasteiger partial charge in [-0.2, -0.15) is 0 Å². The molecular weight excluding hydrogens is 377 g/mol.